The van der Waals surface area contributed by atoms with Gasteiger partial charge in [-0.1, -0.05) is 6.58 Å². The van der Waals surface area contributed by atoms with Gasteiger partial charge in [0.05, 0.1) is 0 Å². The molecule has 0 aliphatic heterocycles. The molecule has 0 radical (unpaired) electrons. The maximum absolute atomic E-state index is 11.4. The van der Waals surface area contributed by atoms with Crippen molar-refractivity contribution in [2.75, 3.05) is 6.61 Å². The zero-order valence-corrected chi connectivity index (χ0v) is 5.98. The third kappa shape index (κ3) is 5.87. The van der Waals surface area contributed by atoms with Crippen LogP contribution in [-0.2, 0) is 4.74 Å². The minimum Gasteiger partial charge on any atom is -0.364 e. The highest BCUT2D eigenvalue weighted by Crippen LogP contribution is 2.16. The van der Waals surface area contributed by atoms with Crippen molar-refractivity contribution in [1.82, 2.24) is 0 Å². The van der Waals surface area contributed by atoms with Gasteiger partial charge in [-0.3, -0.25) is 0 Å². The molecule has 0 spiro atoms. The normalized spacial score (nSPS) is 14.6. The highest BCUT2D eigenvalue weighted by atomic mass is 19.4. The fourth-order valence-electron chi connectivity index (χ4n) is 0.316. The fourth-order valence-corrected chi connectivity index (χ4v) is 0.316. The van der Waals surface area contributed by atoms with E-state index in [1.54, 1.807) is 0 Å². The first-order chi connectivity index (χ1) is 4.83. The molecule has 1 atom stereocenters. The Morgan fingerprint density at radius 1 is 1.64 bits per heavy atom. The van der Waals surface area contributed by atoms with Crippen LogP contribution in [0.3, 0.4) is 0 Å². The molecule has 0 amide bonds. The highest BCUT2D eigenvalue weighted by molar-refractivity contribution is 4.91. The molecule has 0 aromatic carbocycles. The third-order valence-electron chi connectivity index (χ3n) is 0.826. The minimum atomic E-state index is -4.41. The molecule has 2 nitrogen and oxygen atoms in total. The van der Waals surface area contributed by atoms with Crippen LogP contribution in [-0.4, -0.2) is 24.2 Å². The van der Waals surface area contributed by atoms with Crippen LogP contribution in [0.25, 0.3) is 0 Å². The molecule has 0 fully saturated rings. The molecule has 5 heteroatoms. The van der Waals surface area contributed by atoms with E-state index in [4.69, 9.17) is 5.11 Å². The van der Waals surface area contributed by atoms with Crippen LogP contribution >= 0.6 is 0 Å². The van der Waals surface area contributed by atoms with E-state index in [1.807, 2.05) is 0 Å². The number of alkyl halides is 3. The number of rotatable bonds is 3. The molecule has 0 aliphatic rings. The van der Waals surface area contributed by atoms with Crippen LogP contribution in [0.2, 0.25) is 0 Å². The van der Waals surface area contributed by atoms with E-state index < -0.39 is 19.1 Å². The Morgan fingerprint density at radius 3 is 2.36 bits per heavy atom. The second-order valence-electron chi connectivity index (χ2n) is 2.12. The zero-order valence-electron chi connectivity index (χ0n) is 5.98. The Labute approximate surface area is 62.3 Å². The van der Waals surface area contributed by atoms with Gasteiger partial charge in [-0.2, -0.15) is 13.2 Å². The van der Waals surface area contributed by atoms with Crippen LogP contribution in [0.4, 0.5) is 13.2 Å². The van der Waals surface area contributed by atoms with E-state index in [1.165, 1.54) is 6.92 Å². The smallest absolute Gasteiger partial charge is 0.364 e. The monoisotopic (exact) mass is 170 g/mol. The number of ether oxygens (including phenoxy) is 1. The van der Waals surface area contributed by atoms with Gasteiger partial charge in [0.15, 0.2) is 6.29 Å². The Bertz CT molecular complexity index is 141. The first-order valence-electron chi connectivity index (χ1n) is 2.85. The molecular formula is C6H9F3O2. The summed E-state index contributed by atoms with van der Waals surface area (Å²) >= 11 is 0. The summed E-state index contributed by atoms with van der Waals surface area (Å²) in [5.41, 5.74) is 0.147. The van der Waals surface area contributed by atoms with Gasteiger partial charge in [-0.15, -0.1) is 0 Å². The lowest BCUT2D eigenvalue weighted by molar-refractivity contribution is -0.207. The summed E-state index contributed by atoms with van der Waals surface area (Å²) in [6.45, 7) is 3.13. The lowest BCUT2D eigenvalue weighted by atomic mass is 10.3. The lowest BCUT2D eigenvalue weighted by Crippen LogP contribution is -2.23. The molecule has 0 aliphatic carbocycles. The van der Waals surface area contributed by atoms with Crippen molar-refractivity contribution in [3.8, 4) is 0 Å². The molecular weight excluding hydrogens is 161 g/mol. The number of aliphatic hydroxyl groups excluding tert-OH is 1. The van der Waals surface area contributed by atoms with Crippen molar-refractivity contribution in [3.63, 3.8) is 0 Å². The summed E-state index contributed by atoms with van der Waals surface area (Å²) in [5, 5.41) is 8.67. The Balaban J connectivity index is 3.63. The van der Waals surface area contributed by atoms with Gasteiger partial charge in [0, 0.05) is 0 Å². The molecule has 0 aromatic heterocycles. The Hall–Kier alpha value is -0.550. The molecule has 66 valence electrons. The predicted octanol–water partition coefficient (Wildman–Crippen LogP) is 1.46. The van der Waals surface area contributed by atoms with Gasteiger partial charge < -0.3 is 9.84 Å². The molecule has 0 bridgehead atoms. The maximum atomic E-state index is 11.4. The first-order valence-corrected chi connectivity index (χ1v) is 2.85. The van der Waals surface area contributed by atoms with Crippen molar-refractivity contribution < 1.29 is 23.0 Å². The van der Waals surface area contributed by atoms with Crippen molar-refractivity contribution in [3.05, 3.63) is 12.2 Å². The Kier molecular flexibility index (Phi) is 3.54. The van der Waals surface area contributed by atoms with Gasteiger partial charge >= 0.3 is 6.18 Å². The van der Waals surface area contributed by atoms with Crippen LogP contribution in [0.15, 0.2) is 12.2 Å². The van der Waals surface area contributed by atoms with Crippen molar-refractivity contribution in [2.45, 2.75) is 19.4 Å². The van der Waals surface area contributed by atoms with E-state index in [-0.39, 0.29) is 5.57 Å². The average molecular weight is 170 g/mol. The average Bonchev–Trinajstić information content (AvgIpc) is 1.80. The molecule has 0 saturated heterocycles. The SMILES string of the molecule is C=C(C)C(O)OCC(F)(F)F. The number of hydrogen-bond donors (Lipinski definition) is 1. The molecule has 0 saturated carbocycles. The molecule has 1 N–H and O–H groups in total. The second kappa shape index (κ2) is 3.73. The van der Waals surface area contributed by atoms with E-state index in [0.29, 0.717) is 0 Å². The summed E-state index contributed by atoms with van der Waals surface area (Å²) in [6.07, 6.45) is -5.94. The summed E-state index contributed by atoms with van der Waals surface area (Å²) in [7, 11) is 0. The summed E-state index contributed by atoms with van der Waals surface area (Å²) in [4.78, 5) is 0. The minimum absolute atomic E-state index is 0.147. The molecule has 11 heavy (non-hydrogen) atoms. The van der Waals surface area contributed by atoms with Crippen LogP contribution in [0, 0.1) is 0 Å². The summed E-state index contributed by atoms with van der Waals surface area (Å²) in [5.74, 6) is 0. The van der Waals surface area contributed by atoms with Gasteiger partial charge in [-0.05, 0) is 12.5 Å². The van der Waals surface area contributed by atoms with Gasteiger partial charge in [-0.25, -0.2) is 0 Å². The van der Waals surface area contributed by atoms with Gasteiger partial charge in [0.1, 0.15) is 6.61 Å². The molecule has 1 unspecified atom stereocenters. The number of aliphatic hydroxyl groups is 1. The zero-order chi connectivity index (χ0) is 9.07. The standard InChI is InChI=1S/C6H9F3O2/c1-4(2)5(10)11-3-6(7,8)9/h5,10H,1,3H2,2H3. The lowest BCUT2D eigenvalue weighted by Gasteiger charge is -2.12. The Morgan fingerprint density at radius 2 is 2.09 bits per heavy atom. The van der Waals surface area contributed by atoms with E-state index >= 15 is 0 Å². The number of hydrogen-bond acceptors (Lipinski definition) is 2. The predicted molar refractivity (Wildman–Crippen MR) is 32.8 cm³/mol. The van der Waals surface area contributed by atoms with E-state index in [0.717, 1.165) is 0 Å². The number of halogens is 3. The van der Waals surface area contributed by atoms with Crippen molar-refractivity contribution in [1.29, 1.82) is 0 Å². The van der Waals surface area contributed by atoms with Gasteiger partial charge in [0.25, 0.3) is 0 Å². The molecule has 0 aromatic rings. The highest BCUT2D eigenvalue weighted by Gasteiger charge is 2.28. The topological polar surface area (TPSA) is 29.5 Å². The molecule has 0 rings (SSSR count). The quantitative estimate of drug-likeness (QED) is 0.513. The first kappa shape index (κ1) is 10.4. The fraction of sp³-hybridized carbons (Fsp3) is 0.667. The van der Waals surface area contributed by atoms with Crippen LogP contribution < -0.4 is 0 Å². The summed E-state index contributed by atoms with van der Waals surface area (Å²) in [6, 6.07) is 0. The second-order valence-corrected chi connectivity index (χ2v) is 2.12. The van der Waals surface area contributed by atoms with E-state index in [2.05, 4.69) is 11.3 Å². The van der Waals surface area contributed by atoms with Gasteiger partial charge in [0.2, 0.25) is 0 Å². The van der Waals surface area contributed by atoms with Crippen LogP contribution in [0.1, 0.15) is 6.92 Å². The summed E-state index contributed by atoms with van der Waals surface area (Å²) < 4.78 is 38.2. The van der Waals surface area contributed by atoms with Crippen molar-refractivity contribution in [2.24, 2.45) is 0 Å². The van der Waals surface area contributed by atoms with E-state index in [9.17, 15) is 13.2 Å². The maximum Gasteiger partial charge on any atom is 0.411 e. The van der Waals surface area contributed by atoms with Crippen LogP contribution in [0.5, 0.6) is 0 Å². The molecule has 0 heterocycles. The largest absolute Gasteiger partial charge is 0.411 e. The van der Waals surface area contributed by atoms with Crippen molar-refractivity contribution >= 4 is 0 Å². The third-order valence-corrected chi connectivity index (χ3v) is 0.826.